The quantitative estimate of drug-likeness (QED) is 0.639. The van der Waals surface area contributed by atoms with Gasteiger partial charge in [-0.25, -0.2) is 0 Å². The zero-order valence-electron chi connectivity index (χ0n) is 13.3. The van der Waals surface area contributed by atoms with Crippen LogP contribution in [0, 0.1) is 13.8 Å². The molecule has 0 heterocycles. The highest BCUT2D eigenvalue weighted by atomic mass is 79.9. The molecule has 0 aliphatic rings. The average molecular weight is 342 g/mol. The minimum Gasteiger partial charge on any atom is -0.496 e. The van der Waals surface area contributed by atoms with Gasteiger partial charge in [0.05, 0.1) is 7.11 Å². The molecule has 1 rings (SSSR count). The summed E-state index contributed by atoms with van der Waals surface area (Å²) in [6, 6.07) is 2.16. The summed E-state index contributed by atoms with van der Waals surface area (Å²) in [6.07, 6.45) is 7.41. The van der Waals surface area contributed by atoms with Gasteiger partial charge in [0.2, 0.25) is 0 Å². The van der Waals surface area contributed by atoms with Crippen molar-refractivity contribution in [2.24, 2.45) is 5.73 Å². The fourth-order valence-electron chi connectivity index (χ4n) is 2.70. The van der Waals surface area contributed by atoms with Crippen LogP contribution < -0.4 is 10.5 Å². The van der Waals surface area contributed by atoms with E-state index in [-0.39, 0.29) is 6.04 Å². The molecule has 3 heteroatoms. The molecule has 2 N–H and O–H groups in total. The van der Waals surface area contributed by atoms with Gasteiger partial charge in [-0.15, -0.1) is 0 Å². The number of ether oxygens (including phenoxy) is 1. The summed E-state index contributed by atoms with van der Waals surface area (Å²) in [5.74, 6) is 0.951. The number of nitrogens with two attached hydrogens (primary N) is 1. The van der Waals surface area contributed by atoms with E-state index in [0.29, 0.717) is 0 Å². The van der Waals surface area contributed by atoms with Crippen LogP contribution in [0.5, 0.6) is 5.75 Å². The maximum atomic E-state index is 6.42. The molecule has 1 aromatic carbocycles. The van der Waals surface area contributed by atoms with Gasteiger partial charge in [-0.3, -0.25) is 0 Å². The Balaban J connectivity index is 2.78. The first-order valence-corrected chi connectivity index (χ1v) is 8.41. The van der Waals surface area contributed by atoms with Crippen molar-refractivity contribution >= 4 is 15.9 Å². The zero-order valence-corrected chi connectivity index (χ0v) is 14.8. The molecule has 2 nitrogen and oxygen atoms in total. The number of rotatable bonds is 8. The molecular formula is C17H28BrNO. The van der Waals surface area contributed by atoms with E-state index < -0.39 is 0 Å². The second-order valence-electron chi connectivity index (χ2n) is 5.56. The first-order chi connectivity index (χ1) is 9.52. The molecule has 0 radical (unpaired) electrons. The zero-order chi connectivity index (χ0) is 15.1. The van der Waals surface area contributed by atoms with E-state index in [1.54, 1.807) is 7.11 Å². The molecule has 0 bridgehead atoms. The van der Waals surface area contributed by atoms with Gasteiger partial charge >= 0.3 is 0 Å². The van der Waals surface area contributed by atoms with Crippen molar-refractivity contribution in [3.8, 4) is 5.75 Å². The van der Waals surface area contributed by atoms with Gasteiger partial charge < -0.3 is 10.5 Å². The Labute approximate surface area is 132 Å². The third kappa shape index (κ3) is 4.49. The minimum atomic E-state index is 0.0581. The smallest absolute Gasteiger partial charge is 0.126 e. The van der Waals surface area contributed by atoms with Gasteiger partial charge in [-0.05, 0) is 37.5 Å². The van der Waals surface area contributed by atoms with Crippen molar-refractivity contribution in [2.45, 2.75) is 65.3 Å². The summed E-state index contributed by atoms with van der Waals surface area (Å²) in [6.45, 7) is 6.42. The molecule has 0 fully saturated rings. The Morgan fingerprint density at radius 2 is 1.85 bits per heavy atom. The minimum absolute atomic E-state index is 0.0581. The second-order valence-corrected chi connectivity index (χ2v) is 6.41. The number of hydrogen-bond donors (Lipinski definition) is 1. The van der Waals surface area contributed by atoms with E-state index in [1.807, 2.05) is 0 Å². The van der Waals surface area contributed by atoms with Crippen molar-refractivity contribution in [2.75, 3.05) is 7.11 Å². The van der Waals surface area contributed by atoms with Crippen molar-refractivity contribution < 1.29 is 4.74 Å². The Hall–Kier alpha value is -0.540. The molecule has 0 saturated carbocycles. The van der Waals surface area contributed by atoms with E-state index in [2.05, 4.69) is 42.8 Å². The standard InChI is InChI=1S/C17H28BrNO/c1-5-6-7-8-9-10-15(19)16-13(3)14(18)11-12(2)17(16)20-4/h11,15H,5-10,19H2,1-4H3. The number of hydrogen-bond acceptors (Lipinski definition) is 2. The van der Waals surface area contributed by atoms with Crippen molar-refractivity contribution in [3.05, 3.63) is 27.2 Å². The summed E-state index contributed by atoms with van der Waals surface area (Å²) >= 11 is 3.62. The maximum Gasteiger partial charge on any atom is 0.126 e. The van der Waals surface area contributed by atoms with Crippen LogP contribution in [0.2, 0.25) is 0 Å². The van der Waals surface area contributed by atoms with Crippen molar-refractivity contribution in [1.29, 1.82) is 0 Å². The molecule has 1 aromatic rings. The number of aryl methyl sites for hydroxylation is 1. The van der Waals surface area contributed by atoms with E-state index >= 15 is 0 Å². The predicted octanol–water partition coefficient (Wildman–Crippen LogP) is 5.43. The van der Waals surface area contributed by atoms with E-state index in [4.69, 9.17) is 10.5 Å². The van der Waals surface area contributed by atoms with Crippen LogP contribution in [-0.2, 0) is 0 Å². The molecule has 0 amide bonds. The van der Waals surface area contributed by atoms with E-state index in [9.17, 15) is 0 Å². The summed E-state index contributed by atoms with van der Waals surface area (Å²) in [4.78, 5) is 0. The monoisotopic (exact) mass is 341 g/mol. The van der Waals surface area contributed by atoms with Gasteiger partial charge in [0.1, 0.15) is 5.75 Å². The number of benzene rings is 1. The largest absolute Gasteiger partial charge is 0.496 e. The number of halogens is 1. The first-order valence-electron chi connectivity index (χ1n) is 7.62. The summed E-state index contributed by atoms with van der Waals surface area (Å²) in [7, 11) is 1.73. The van der Waals surface area contributed by atoms with Gasteiger partial charge in [0.15, 0.2) is 0 Å². The molecule has 0 saturated heterocycles. The maximum absolute atomic E-state index is 6.42. The lowest BCUT2D eigenvalue weighted by molar-refractivity contribution is 0.399. The van der Waals surface area contributed by atoms with Crippen molar-refractivity contribution in [1.82, 2.24) is 0 Å². The van der Waals surface area contributed by atoms with Crippen LogP contribution >= 0.6 is 15.9 Å². The van der Waals surface area contributed by atoms with Gasteiger partial charge in [-0.1, -0.05) is 55.0 Å². The average Bonchev–Trinajstić information content (AvgIpc) is 2.42. The number of unbranched alkanes of at least 4 members (excludes halogenated alkanes) is 4. The first kappa shape index (κ1) is 17.5. The normalized spacial score (nSPS) is 12.5. The van der Waals surface area contributed by atoms with E-state index in [0.717, 1.165) is 27.8 Å². The molecule has 1 unspecified atom stereocenters. The topological polar surface area (TPSA) is 35.2 Å². The highest BCUT2D eigenvalue weighted by Crippen LogP contribution is 2.37. The van der Waals surface area contributed by atoms with Crippen LogP contribution in [0.4, 0.5) is 0 Å². The van der Waals surface area contributed by atoms with E-state index in [1.165, 1.54) is 37.7 Å². The molecular weight excluding hydrogens is 314 g/mol. The summed E-state index contributed by atoms with van der Waals surface area (Å²) in [5, 5.41) is 0. The predicted molar refractivity (Wildman–Crippen MR) is 90.5 cm³/mol. The molecule has 0 aliphatic carbocycles. The Kier molecular flexibility index (Phi) is 7.60. The van der Waals surface area contributed by atoms with Crippen LogP contribution in [0.25, 0.3) is 0 Å². The second kappa shape index (κ2) is 8.68. The van der Waals surface area contributed by atoms with Crippen LogP contribution in [0.15, 0.2) is 10.5 Å². The highest BCUT2D eigenvalue weighted by Gasteiger charge is 2.18. The molecule has 0 aromatic heterocycles. The fourth-order valence-corrected chi connectivity index (χ4v) is 3.26. The lowest BCUT2D eigenvalue weighted by Crippen LogP contribution is -2.14. The molecule has 0 spiro atoms. The highest BCUT2D eigenvalue weighted by molar-refractivity contribution is 9.10. The Morgan fingerprint density at radius 3 is 2.45 bits per heavy atom. The number of methoxy groups -OCH3 is 1. The molecule has 1 atom stereocenters. The van der Waals surface area contributed by atoms with Gasteiger partial charge in [0, 0.05) is 16.1 Å². The van der Waals surface area contributed by atoms with Gasteiger partial charge in [-0.2, -0.15) is 0 Å². The molecule has 114 valence electrons. The van der Waals surface area contributed by atoms with Crippen LogP contribution in [0.1, 0.15) is 68.2 Å². The summed E-state index contributed by atoms with van der Waals surface area (Å²) in [5.41, 5.74) is 9.93. The Bertz CT molecular complexity index is 431. The third-order valence-electron chi connectivity index (χ3n) is 3.90. The SMILES string of the molecule is CCCCCCCC(N)c1c(C)c(Br)cc(C)c1OC. The molecule has 0 aliphatic heterocycles. The van der Waals surface area contributed by atoms with Gasteiger partial charge in [0.25, 0.3) is 0 Å². The van der Waals surface area contributed by atoms with Crippen LogP contribution in [0.3, 0.4) is 0 Å². The summed E-state index contributed by atoms with van der Waals surface area (Å²) < 4.78 is 6.69. The third-order valence-corrected chi connectivity index (χ3v) is 4.73. The molecule has 20 heavy (non-hydrogen) atoms. The lowest BCUT2D eigenvalue weighted by Gasteiger charge is -2.21. The Morgan fingerprint density at radius 1 is 1.20 bits per heavy atom. The van der Waals surface area contributed by atoms with Crippen LogP contribution in [-0.4, -0.2) is 7.11 Å². The van der Waals surface area contributed by atoms with Crippen molar-refractivity contribution in [3.63, 3.8) is 0 Å². The lowest BCUT2D eigenvalue weighted by atomic mass is 9.94. The fraction of sp³-hybridized carbons (Fsp3) is 0.647.